The van der Waals surface area contributed by atoms with E-state index in [1.807, 2.05) is 55.5 Å². The molecule has 0 bridgehead atoms. The molecule has 0 aliphatic rings. The van der Waals surface area contributed by atoms with Crippen molar-refractivity contribution >= 4 is 28.1 Å². The van der Waals surface area contributed by atoms with Crippen LogP contribution in [0.4, 0.5) is 11.4 Å². The van der Waals surface area contributed by atoms with E-state index in [1.54, 1.807) is 18.1 Å². The lowest BCUT2D eigenvalue weighted by Gasteiger charge is -2.18. The molecule has 0 saturated heterocycles. The van der Waals surface area contributed by atoms with Crippen LogP contribution in [0, 0.1) is 6.92 Å². The van der Waals surface area contributed by atoms with E-state index in [9.17, 15) is 4.79 Å². The topological polar surface area (TPSA) is 59.2 Å². The molecule has 0 radical (unpaired) electrons. The third-order valence-electron chi connectivity index (χ3n) is 3.82. The smallest absolute Gasteiger partial charge is 0.277 e. The first-order valence-corrected chi connectivity index (χ1v) is 7.06. The SMILES string of the molecule is Cc1ccc(N)c2ccnc(C(=O)N(C)c3ccccc3)c12. The molecular formula is C18H17N3O. The summed E-state index contributed by atoms with van der Waals surface area (Å²) in [6, 6.07) is 15.1. The Bertz CT molecular complexity index is 844. The Morgan fingerprint density at radius 2 is 1.82 bits per heavy atom. The van der Waals surface area contributed by atoms with Crippen LogP contribution in [0.5, 0.6) is 0 Å². The number of hydrogen-bond donors (Lipinski definition) is 1. The summed E-state index contributed by atoms with van der Waals surface area (Å²) >= 11 is 0. The molecule has 4 nitrogen and oxygen atoms in total. The van der Waals surface area contributed by atoms with Crippen molar-refractivity contribution in [2.45, 2.75) is 6.92 Å². The number of fused-ring (bicyclic) bond motifs is 1. The average Bonchev–Trinajstić information content (AvgIpc) is 2.57. The molecule has 0 fully saturated rings. The van der Waals surface area contributed by atoms with E-state index < -0.39 is 0 Å². The molecule has 1 aromatic heterocycles. The Balaban J connectivity index is 2.14. The zero-order valence-corrected chi connectivity index (χ0v) is 12.6. The fourth-order valence-electron chi connectivity index (χ4n) is 2.58. The number of nitrogen functional groups attached to an aromatic ring is 1. The highest BCUT2D eigenvalue weighted by molar-refractivity contribution is 6.14. The Hall–Kier alpha value is -2.88. The van der Waals surface area contributed by atoms with Gasteiger partial charge in [0, 0.05) is 35.4 Å². The summed E-state index contributed by atoms with van der Waals surface area (Å²) in [6.45, 7) is 1.96. The number of hydrogen-bond acceptors (Lipinski definition) is 3. The maximum Gasteiger partial charge on any atom is 0.277 e. The number of carbonyl (C=O) groups is 1. The van der Waals surface area contributed by atoms with Crippen LogP contribution in [0.3, 0.4) is 0 Å². The molecule has 4 heteroatoms. The fourth-order valence-corrected chi connectivity index (χ4v) is 2.58. The van der Waals surface area contributed by atoms with Gasteiger partial charge in [-0.05, 0) is 36.8 Å². The number of para-hydroxylation sites is 1. The summed E-state index contributed by atoms with van der Waals surface area (Å²) < 4.78 is 0. The Kier molecular flexibility index (Phi) is 3.51. The lowest BCUT2D eigenvalue weighted by molar-refractivity contribution is 0.0990. The number of aryl methyl sites for hydroxylation is 1. The van der Waals surface area contributed by atoms with Gasteiger partial charge >= 0.3 is 0 Å². The molecule has 3 aromatic rings. The summed E-state index contributed by atoms with van der Waals surface area (Å²) in [6.07, 6.45) is 1.63. The van der Waals surface area contributed by atoms with E-state index in [0.29, 0.717) is 11.4 Å². The predicted octanol–water partition coefficient (Wildman–Crippen LogP) is 3.40. The monoisotopic (exact) mass is 291 g/mol. The summed E-state index contributed by atoms with van der Waals surface area (Å²) in [5.74, 6) is -0.148. The van der Waals surface area contributed by atoms with Crippen LogP contribution in [-0.2, 0) is 0 Å². The molecular weight excluding hydrogens is 274 g/mol. The predicted molar refractivity (Wildman–Crippen MR) is 90.1 cm³/mol. The van der Waals surface area contributed by atoms with Gasteiger partial charge in [0.2, 0.25) is 0 Å². The second kappa shape index (κ2) is 5.48. The fraction of sp³-hybridized carbons (Fsp3) is 0.111. The van der Waals surface area contributed by atoms with Crippen LogP contribution in [0.1, 0.15) is 16.1 Å². The van der Waals surface area contributed by atoms with Gasteiger partial charge in [-0.25, -0.2) is 0 Å². The minimum absolute atomic E-state index is 0.148. The largest absolute Gasteiger partial charge is 0.398 e. The highest BCUT2D eigenvalue weighted by Gasteiger charge is 2.19. The zero-order valence-electron chi connectivity index (χ0n) is 12.6. The average molecular weight is 291 g/mol. The molecule has 0 saturated carbocycles. The van der Waals surface area contributed by atoms with Crippen molar-refractivity contribution in [1.29, 1.82) is 0 Å². The minimum Gasteiger partial charge on any atom is -0.398 e. The normalized spacial score (nSPS) is 10.6. The first-order valence-electron chi connectivity index (χ1n) is 7.06. The quantitative estimate of drug-likeness (QED) is 0.736. The van der Waals surface area contributed by atoms with Crippen LogP contribution < -0.4 is 10.6 Å². The Morgan fingerprint density at radius 1 is 1.09 bits per heavy atom. The molecule has 3 rings (SSSR count). The molecule has 2 aromatic carbocycles. The minimum atomic E-state index is -0.148. The molecule has 2 N–H and O–H groups in total. The first-order chi connectivity index (χ1) is 10.6. The maximum atomic E-state index is 12.8. The third-order valence-corrected chi connectivity index (χ3v) is 3.82. The summed E-state index contributed by atoms with van der Waals surface area (Å²) in [7, 11) is 1.75. The number of benzene rings is 2. The number of rotatable bonds is 2. The van der Waals surface area contributed by atoms with Crippen molar-refractivity contribution in [3.63, 3.8) is 0 Å². The second-order valence-electron chi connectivity index (χ2n) is 5.25. The number of nitrogens with two attached hydrogens (primary N) is 1. The van der Waals surface area contributed by atoms with Crippen LogP contribution in [0.2, 0.25) is 0 Å². The van der Waals surface area contributed by atoms with E-state index in [0.717, 1.165) is 22.0 Å². The van der Waals surface area contributed by atoms with E-state index in [-0.39, 0.29) is 5.91 Å². The lowest BCUT2D eigenvalue weighted by atomic mass is 10.0. The van der Waals surface area contributed by atoms with Gasteiger partial charge in [0.15, 0.2) is 0 Å². The zero-order chi connectivity index (χ0) is 15.7. The molecule has 0 unspecified atom stereocenters. The Morgan fingerprint density at radius 3 is 2.55 bits per heavy atom. The molecule has 0 atom stereocenters. The van der Waals surface area contributed by atoms with E-state index in [2.05, 4.69) is 4.98 Å². The van der Waals surface area contributed by atoms with E-state index >= 15 is 0 Å². The third kappa shape index (κ3) is 2.29. The standard InChI is InChI=1S/C18H17N3O/c1-12-8-9-15(19)14-10-11-20-17(16(12)14)18(22)21(2)13-6-4-3-5-7-13/h3-11H,19H2,1-2H3. The van der Waals surface area contributed by atoms with E-state index in [4.69, 9.17) is 5.73 Å². The highest BCUT2D eigenvalue weighted by Crippen LogP contribution is 2.27. The van der Waals surface area contributed by atoms with Gasteiger partial charge in [0.1, 0.15) is 5.69 Å². The summed E-state index contributed by atoms with van der Waals surface area (Å²) in [5.41, 5.74) is 8.92. The van der Waals surface area contributed by atoms with Crippen molar-refractivity contribution in [2.24, 2.45) is 0 Å². The molecule has 110 valence electrons. The highest BCUT2D eigenvalue weighted by atomic mass is 16.2. The molecule has 0 spiro atoms. The van der Waals surface area contributed by atoms with Crippen molar-refractivity contribution in [3.05, 3.63) is 66.0 Å². The van der Waals surface area contributed by atoms with E-state index in [1.165, 1.54) is 0 Å². The van der Waals surface area contributed by atoms with Gasteiger partial charge < -0.3 is 10.6 Å². The number of carbonyl (C=O) groups excluding carboxylic acids is 1. The first kappa shape index (κ1) is 14.1. The Labute approximate surface area is 129 Å². The lowest BCUT2D eigenvalue weighted by Crippen LogP contribution is -2.27. The van der Waals surface area contributed by atoms with Crippen molar-refractivity contribution in [3.8, 4) is 0 Å². The molecule has 0 aliphatic carbocycles. The summed E-state index contributed by atoms with van der Waals surface area (Å²) in [4.78, 5) is 18.8. The van der Waals surface area contributed by atoms with Crippen LogP contribution in [0.15, 0.2) is 54.7 Å². The van der Waals surface area contributed by atoms with Crippen molar-refractivity contribution < 1.29 is 4.79 Å². The van der Waals surface area contributed by atoms with Gasteiger partial charge in [-0.1, -0.05) is 24.3 Å². The van der Waals surface area contributed by atoms with Crippen molar-refractivity contribution in [1.82, 2.24) is 4.98 Å². The summed E-state index contributed by atoms with van der Waals surface area (Å²) in [5, 5.41) is 1.68. The van der Waals surface area contributed by atoms with Crippen molar-refractivity contribution in [2.75, 3.05) is 17.7 Å². The van der Waals surface area contributed by atoms with Crippen LogP contribution >= 0.6 is 0 Å². The second-order valence-corrected chi connectivity index (χ2v) is 5.25. The maximum absolute atomic E-state index is 12.8. The van der Waals surface area contributed by atoms with Gasteiger partial charge in [-0.3, -0.25) is 9.78 Å². The molecule has 0 aliphatic heterocycles. The van der Waals surface area contributed by atoms with Gasteiger partial charge in [0.25, 0.3) is 5.91 Å². The molecule has 22 heavy (non-hydrogen) atoms. The number of anilines is 2. The van der Waals surface area contributed by atoms with Gasteiger partial charge in [0.05, 0.1) is 0 Å². The van der Waals surface area contributed by atoms with Gasteiger partial charge in [-0.15, -0.1) is 0 Å². The molecule has 1 amide bonds. The number of amides is 1. The van der Waals surface area contributed by atoms with Gasteiger partial charge in [-0.2, -0.15) is 0 Å². The molecule has 1 heterocycles. The van der Waals surface area contributed by atoms with Crippen LogP contribution in [-0.4, -0.2) is 17.9 Å². The number of aromatic nitrogens is 1. The number of pyridine rings is 1. The van der Waals surface area contributed by atoms with Crippen LogP contribution in [0.25, 0.3) is 10.8 Å². The number of nitrogens with zero attached hydrogens (tertiary/aromatic N) is 2.